The van der Waals surface area contributed by atoms with Crippen molar-refractivity contribution in [3.05, 3.63) is 41.2 Å². The van der Waals surface area contributed by atoms with Gasteiger partial charge in [-0.1, -0.05) is 13.0 Å². The van der Waals surface area contributed by atoms with E-state index in [1.54, 1.807) is 13.0 Å². The lowest BCUT2D eigenvalue weighted by atomic mass is 10.2. The fourth-order valence-corrected chi connectivity index (χ4v) is 1.66. The third-order valence-corrected chi connectivity index (χ3v) is 2.51. The van der Waals surface area contributed by atoms with Gasteiger partial charge in [0.15, 0.2) is 0 Å². The zero-order chi connectivity index (χ0) is 14.0. The highest BCUT2D eigenvalue weighted by Gasteiger charge is 2.18. The van der Waals surface area contributed by atoms with Gasteiger partial charge in [0, 0.05) is 6.42 Å². The SMILES string of the molecule is CCc1nc(C(=O)O)nn1-c1cccc(F)c1C#N. The van der Waals surface area contributed by atoms with E-state index in [9.17, 15) is 9.18 Å². The fraction of sp³-hybridized carbons (Fsp3) is 0.167. The minimum Gasteiger partial charge on any atom is -0.475 e. The Morgan fingerprint density at radius 2 is 2.32 bits per heavy atom. The largest absolute Gasteiger partial charge is 0.475 e. The molecule has 0 aliphatic rings. The van der Waals surface area contributed by atoms with Crippen LogP contribution in [0.2, 0.25) is 0 Å². The number of nitrogens with zero attached hydrogens (tertiary/aromatic N) is 4. The summed E-state index contributed by atoms with van der Waals surface area (Å²) < 4.78 is 14.7. The Hall–Kier alpha value is -2.75. The Morgan fingerprint density at radius 1 is 1.58 bits per heavy atom. The molecule has 0 atom stereocenters. The highest BCUT2D eigenvalue weighted by molar-refractivity contribution is 5.83. The number of rotatable bonds is 3. The third-order valence-electron chi connectivity index (χ3n) is 2.51. The molecule has 1 N–H and O–H groups in total. The number of carbonyl (C=O) groups is 1. The molecule has 96 valence electrons. The summed E-state index contributed by atoms with van der Waals surface area (Å²) in [6.45, 7) is 1.76. The summed E-state index contributed by atoms with van der Waals surface area (Å²) in [7, 11) is 0. The molecule has 1 aromatic carbocycles. The van der Waals surface area contributed by atoms with E-state index in [4.69, 9.17) is 10.4 Å². The Morgan fingerprint density at radius 3 is 2.89 bits per heavy atom. The van der Waals surface area contributed by atoms with E-state index in [2.05, 4.69) is 10.1 Å². The van der Waals surface area contributed by atoms with Crippen molar-refractivity contribution < 1.29 is 14.3 Å². The molecule has 0 aliphatic heterocycles. The van der Waals surface area contributed by atoms with E-state index in [0.717, 1.165) is 6.07 Å². The van der Waals surface area contributed by atoms with Gasteiger partial charge < -0.3 is 5.11 Å². The molecule has 1 aromatic heterocycles. The lowest BCUT2D eigenvalue weighted by Gasteiger charge is -2.06. The molecule has 1 heterocycles. The zero-order valence-electron chi connectivity index (χ0n) is 9.96. The standard InChI is InChI=1S/C12H9FN4O2/c1-2-10-15-11(12(18)19)16-17(10)9-5-3-4-8(13)7(9)6-14/h3-5H,2H2,1H3,(H,18,19). The Labute approximate surface area is 107 Å². The molecular weight excluding hydrogens is 251 g/mol. The van der Waals surface area contributed by atoms with Gasteiger partial charge in [0.2, 0.25) is 0 Å². The fourth-order valence-electron chi connectivity index (χ4n) is 1.66. The quantitative estimate of drug-likeness (QED) is 0.903. The second-order valence-electron chi connectivity index (χ2n) is 3.67. The zero-order valence-corrected chi connectivity index (χ0v) is 9.96. The smallest absolute Gasteiger partial charge is 0.375 e. The molecule has 0 saturated heterocycles. The van der Waals surface area contributed by atoms with Gasteiger partial charge in [0.1, 0.15) is 23.3 Å². The van der Waals surface area contributed by atoms with Gasteiger partial charge in [-0.05, 0) is 12.1 Å². The molecule has 7 heteroatoms. The van der Waals surface area contributed by atoms with Gasteiger partial charge in [-0.25, -0.2) is 18.9 Å². The lowest BCUT2D eigenvalue weighted by Crippen LogP contribution is -2.06. The van der Waals surface area contributed by atoms with Crippen LogP contribution in [0, 0.1) is 17.1 Å². The second-order valence-corrected chi connectivity index (χ2v) is 3.67. The van der Waals surface area contributed by atoms with E-state index in [-0.39, 0.29) is 17.1 Å². The lowest BCUT2D eigenvalue weighted by molar-refractivity contribution is 0.0683. The molecule has 0 saturated carbocycles. The summed E-state index contributed by atoms with van der Waals surface area (Å²) in [4.78, 5) is 14.7. The van der Waals surface area contributed by atoms with Crippen LogP contribution in [0.4, 0.5) is 4.39 Å². The molecule has 0 spiro atoms. The second kappa shape index (κ2) is 4.86. The Balaban J connectivity index is 2.69. The number of carboxylic acid groups (broad SMARTS) is 1. The van der Waals surface area contributed by atoms with E-state index >= 15 is 0 Å². The number of hydrogen-bond donors (Lipinski definition) is 1. The Kier molecular flexibility index (Phi) is 3.25. The molecule has 2 aromatic rings. The van der Waals surface area contributed by atoms with Crippen molar-refractivity contribution in [1.82, 2.24) is 14.8 Å². The van der Waals surface area contributed by atoms with Crippen LogP contribution in [0.15, 0.2) is 18.2 Å². The first-order valence-electron chi connectivity index (χ1n) is 5.46. The van der Waals surface area contributed by atoms with Crippen LogP contribution in [0.25, 0.3) is 5.69 Å². The first-order chi connectivity index (χ1) is 9.08. The maximum atomic E-state index is 13.5. The summed E-state index contributed by atoms with van der Waals surface area (Å²) in [6, 6.07) is 5.81. The summed E-state index contributed by atoms with van der Waals surface area (Å²) in [5.41, 5.74) is -0.0154. The van der Waals surface area contributed by atoms with Crippen LogP contribution in [-0.4, -0.2) is 25.8 Å². The van der Waals surface area contributed by atoms with E-state index in [0.29, 0.717) is 12.2 Å². The number of aryl methyl sites for hydroxylation is 1. The predicted molar refractivity (Wildman–Crippen MR) is 62.4 cm³/mol. The first kappa shape index (κ1) is 12.7. The minimum absolute atomic E-state index is 0.180. The van der Waals surface area contributed by atoms with Crippen molar-refractivity contribution in [2.75, 3.05) is 0 Å². The van der Waals surface area contributed by atoms with Crippen LogP contribution < -0.4 is 0 Å². The summed E-state index contributed by atoms with van der Waals surface area (Å²) in [5.74, 6) is -2.00. The van der Waals surface area contributed by atoms with Gasteiger partial charge in [-0.2, -0.15) is 5.26 Å². The molecule has 0 bridgehead atoms. The van der Waals surface area contributed by atoms with E-state index in [1.807, 2.05) is 0 Å². The van der Waals surface area contributed by atoms with Gasteiger partial charge >= 0.3 is 5.97 Å². The molecule has 0 fully saturated rings. The Bertz CT molecular complexity index is 688. The van der Waals surface area contributed by atoms with Gasteiger partial charge in [-0.3, -0.25) is 0 Å². The predicted octanol–water partition coefficient (Wildman–Crippen LogP) is 1.54. The normalized spacial score (nSPS) is 10.2. The van der Waals surface area contributed by atoms with Crippen molar-refractivity contribution in [3.63, 3.8) is 0 Å². The average Bonchev–Trinajstić information content (AvgIpc) is 2.82. The highest BCUT2D eigenvalue weighted by Crippen LogP contribution is 2.18. The molecule has 0 unspecified atom stereocenters. The molecular formula is C12H9FN4O2. The van der Waals surface area contributed by atoms with E-state index < -0.39 is 11.8 Å². The number of nitriles is 1. The van der Waals surface area contributed by atoms with Crippen LogP contribution in [0.5, 0.6) is 0 Å². The van der Waals surface area contributed by atoms with Crippen LogP contribution in [0.3, 0.4) is 0 Å². The maximum absolute atomic E-state index is 13.5. The van der Waals surface area contributed by atoms with Gasteiger partial charge in [0.25, 0.3) is 5.82 Å². The number of aromatic nitrogens is 3. The van der Waals surface area contributed by atoms with Crippen molar-refractivity contribution >= 4 is 5.97 Å². The number of carboxylic acids is 1. The maximum Gasteiger partial charge on any atom is 0.375 e. The molecule has 6 nitrogen and oxygen atoms in total. The first-order valence-corrected chi connectivity index (χ1v) is 5.46. The van der Waals surface area contributed by atoms with Crippen LogP contribution in [0.1, 0.15) is 28.9 Å². The summed E-state index contributed by atoms with van der Waals surface area (Å²) >= 11 is 0. The van der Waals surface area contributed by atoms with Crippen molar-refractivity contribution in [2.45, 2.75) is 13.3 Å². The third kappa shape index (κ3) is 2.15. The molecule has 2 rings (SSSR count). The number of halogens is 1. The summed E-state index contributed by atoms with van der Waals surface area (Å²) in [6.07, 6.45) is 0.404. The number of hydrogen-bond acceptors (Lipinski definition) is 4. The monoisotopic (exact) mass is 260 g/mol. The van der Waals surface area contributed by atoms with Crippen LogP contribution in [-0.2, 0) is 6.42 Å². The minimum atomic E-state index is -1.27. The van der Waals surface area contributed by atoms with Gasteiger partial charge in [-0.15, -0.1) is 5.10 Å². The molecule has 19 heavy (non-hydrogen) atoms. The average molecular weight is 260 g/mol. The number of aromatic carboxylic acids is 1. The topological polar surface area (TPSA) is 91.8 Å². The van der Waals surface area contributed by atoms with Gasteiger partial charge in [0.05, 0.1) is 5.69 Å². The molecule has 0 radical (unpaired) electrons. The number of benzene rings is 1. The molecule has 0 aliphatic carbocycles. The van der Waals surface area contributed by atoms with Crippen molar-refractivity contribution in [3.8, 4) is 11.8 Å². The highest BCUT2D eigenvalue weighted by atomic mass is 19.1. The van der Waals surface area contributed by atoms with Crippen molar-refractivity contribution in [1.29, 1.82) is 5.26 Å². The molecule has 0 amide bonds. The van der Waals surface area contributed by atoms with E-state index in [1.165, 1.54) is 16.8 Å². The summed E-state index contributed by atoms with van der Waals surface area (Å²) in [5, 5.41) is 21.6. The van der Waals surface area contributed by atoms with Crippen LogP contribution >= 0.6 is 0 Å². The van der Waals surface area contributed by atoms with Crippen molar-refractivity contribution in [2.24, 2.45) is 0 Å².